The Kier molecular flexibility index (Phi) is 3.19. The normalized spacial score (nSPS) is 30.7. The molecule has 1 aromatic rings. The van der Waals surface area contributed by atoms with E-state index in [9.17, 15) is 0 Å². The van der Waals surface area contributed by atoms with Gasteiger partial charge in [0, 0.05) is 43.0 Å². The molecule has 1 aliphatic heterocycles. The second-order valence-electron chi connectivity index (χ2n) is 5.48. The molecule has 1 aliphatic carbocycles. The summed E-state index contributed by atoms with van der Waals surface area (Å²) in [6, 6.07) is 1.23. The first-order valence-electron chi connectivity index (χ1n) is 6.65. The molecule has 2 aliphatic rings. The van der Waals surface area contributed by atoms with E-state index in [0.29, 0.717) is 12.1 Å². The summed E-state index contributed by atoms with van der Waals surface area (Å²) in [4.78, 5) is 7.36. The Hall–Kier alpha value is -0.450. The molecule has 2 atom stereocenters. The quantitative estimate of drug-likeness (QED) is 0.892. The zero-order valence-corrected chi connectivity index (χ0v) is 11.5. The van der Waals surface area contributed by atoms with Crippen LogP contribution in [0.4, 0.5) is 0 Å². The smallest absolute Gasteiger partial charge is 0.0959 e. The maximum absolute atomic E-state index is 4.79. The molecule has 2 heterocycles. The number of nitrogens with zero attached hydrogens (tertiary/aromatic N) is 2. The highest BCUT2D eigenvalue weighted by molar-refractivity contribution is 7.09. The molecule has 0 bridgehead atoms. The zero-order chi connectivity index (χ0) is 11.8. The van der Waals surface area contributed by atoms with Gasteiger partial charge < -0.3 is 5.32 Å². The SMILES string of the molecule is C[C@H]1CNC[C@H](C)N1Cc1csc(C2CC2)n1. The van der Waals surface area contributed by atoms with Crippen LogP contribution < -0.4 is 5.32 Å². The van der Waals surface area contributed by atoms with Crippen molar-refractivity contribution in [3.8, 4) is 0 Å². The van der Waals surface area contributed by atoms with Gasteiger partial charge >= 0.3 is 0 Å². The van der Waals surface area contributed by atoms with Gasteiger partial charge in [0.15, 0.2) is 0 Å². The Balaban J connectivity index is 1.67. The van der Waals surface area contributed by atoms with Gasteiger partial charge in [0.1, 0.15) is 0 Å². The molecule has 0 aromatic carbocycles. The van der Waals surface area contributed by atoms with Crippen LogP contribution in [0, 0.1) is 0 Å². The van der Waals surface area contributed by atoms with E-state index in [1.165, 1.54) is 23.5 Å². The topological polar surface area (TPSA) is 28.2 Å². The van der Waals surface area contributed by atoms with E-state index in [1.807, 2.05) is 11.3 Å². The molecule has 3 rings (SSSR count). The fraction of sp³-hybridized carbons (Fsp3) is 0.769. The van der Waals surface area contributed by atoms with E-state index in [1.54, 1.807) is 0 Å². The third-order valence-electron chi connectivity index (χ3n) is 3.85. The van der Waals surface area contributed by atoms with Crippen molar-refractivity contribution in [2.75, 3.05) is 13.1 Å². The van der Waals surface area contributed by atoms with Crippen LogP contribution in [0.5, 0.6) is 0 Å². The number of hydrogen-bond donors (Lipinski definition) is 1. The van der Waals surface area contributed by atoms with Crippen LogP contribution in [0.1, 0.15) is 43.3 Å². The van der Waals surface area contributed by atoms with Crippen molar-refractivity contribution in [1.29, 1.82) is 0 Å². The lowest BCUT2D eigenvalue weighted by Crippen LogP contribution is -2.54. The number of rotatable bonds is 3. The summed E-state index contributed by atoms with van der Waals surface area (Å²) in [5, 5.41) is 7.10. The lowest BCUT2D eigenvalue weighted by atomic mass is 10.1. The van der Waals surface area contributed by atoms with E-state index < -0.39 is 0 Å². The van der Waals surface area contributed by atoms with Crippen LogP contribution in [0.2, 0.25) is 0 Å². The predicted octanol–water partition coefficient (Wildman–Crippen LogP) is 2.20. The third-order valence-corrected chi connectivity index (χ3v) is 4.91. The first-order chi connectivity index (χ1) is 8.24. The molecule has 3 nitrogen and oxygen atoms in total. The lowest BCUT2D eigenvalue weighted by Gasteiger charge is -2.38. The molecular weight excluding hydrogens is 230 g/mol. The molecule has 17 heavy (non-hydrogen) atoms. The number of aromatic nitrogens is 1. The molecule has 0 unspecified atom stereocenters. The fourth-order valence-electron chi connectivity index (χ4n) is 2.58. The van der Waals surface area contributed by atoms with Crippen molar-refractivity contribution in [1.82, 2.24) is 15.2 Å². The van der Waals surface area contributed by atoms with Crippen molar-refractivity contribution in [3.63, 3.8) is 0 Å². The average molecular weight is 251 g/mol. The van der Waals surface area contributed by atoms with Crippen LogP contribution in [-0.2, 0) is 6.54 Å². The van der Waals surface area contributed by atoms with E-state index >= 15 is 0 Å². The Morgan fingerprint density at radius 3 is 2.71 bits per heavy atom. The summed E-state index contributed by atoms with van der Waals surface area (Å²) >= 11 is 1.86. The third kappa shape index (κ3) is 2.54. The van der Waals surface area contributed by atoms with Gasteiger partial charge in [-0.2, -0.15) is 0 Å². The maximum Gasteiger partial charge on any atom is 0.0959 e. The van der Waals surface area contributed by atoms with Gasteiger partial charge in [0.2, 0.25) is 0 Å². The molecule has 1 N–H and O–H groups in total. The number of hydrogen-bond acceptors (Lipinski definition) is 4. The average Bonchev–Trinajstić information content (AvgIpc) is 3.05. The number of nitrogens with one attached hydrogen (secondary N) is 1. The lowest BCUT2D eigenvalue weighted by molar-refractivity contribution is 0.107. The standard InChI is InChI=1S/C13H21N3S/c1-9-5-14-6-10(2)16(9)7-12-8-17-13(15-12)11-3-4-11/h8-11,14H,3-7H2,1-2H3/t9-,10-/m0/s1. The molecule has 1 saturated carbocycles. The second-order valence-corrected chi connectivity index (χ2v) is 6.37. The molecule has 94 valence electrons. The Bertz CT molecular complexity index is 376. The highest BCUT2D eigenvalue weighted by atomic mass is 32.1. The molecule has 0 amide bonds. The predicted molar refractivity (Wildman–Crippen MR) is 71.4 cm³/mol. The van der Waals surface area contributed by atoms with Gasteiger partial charge in [-0.05, 0) is 26.7 Å². The van der Waals surface area contributed by atoms with Gasteiger partial charge in [0.25, 0.3) is 0 Å². The summed E-state index contributed by atoms with van der Waals surface area (Å²) in [7, 11) is 0. The Morgan fingerprint density at radius 2 is 2.06 bits per heavy atom. The van der Waals surface area contributed by atoms with Crippen molar-refractivity contribution in [2.45, 2.75) is 51.2 Å². The summed E-state index contributed by atoms with van der Waals surface area (Å²) < 4.78 is 0. The van der Waals surface area contributed by atoms with Crippen LogP contribution in [0.15, 0.2) is 5.38 Å². The van der Waals surface area contributed by atoms with Crippen molar-refractivity contribution in [3.05, 3.63) is 16.1 Å². The summed E-state index contributed by atoms with van der Waals surface area (Å²) in [6.07, 6.45) is 2.71. The van der Waals surface area contributed by atoms with E-state index in [0.717, 1.165) is 25.6 Å². The fourth-order valence-corrected chi connectivity index (χ4v) is 3.56. The Morgan fingerprint density at radius 1 is 1.35 bits per heavy atom. The van der Waals surface area contributed by atoms with Crippen LogP contribution in [-0.4, -0.2) is 35.1 Å². The first-order valence-corrected chi connectivity index (χ1v) is 7.53. The molecule has 4 heteroatoms. The summed E-state index contributed by atoms with van der Waals surface area (Å²) in [6.45, 7) is 7.83. The summed E-state index contributed by atoms with van der Waals surface area (Å²) in [5.74, 6) is 0.798. The molecule has 0 radical (unpaired) electrons. The van der Waals surface area contributed by atoms with Gasteiger partial charge in [-0.15, -0.1) is 11.3 Å². The minimum atomic E-state index is 0.616. The zero-order valence-electron chi connectivity index (χ0n) is 10.6. The van der Waals surface area contributed by atoms with Crippen LogP contribution in [0.25, 0.3) is 0 Å². The highest BCUT2D eigenvalue weighted by Gasteiger charge is 2.28. The van der Waals surface area contributed by atoms with Gasteiger partial charge in [-0.25, -0.2) is 4.98 Å². The minimum Gasteiger partial charge on any atom is -0.314 e. The highest BCUT2D eigenvalue weighted by Crippen LogP contribution is 2.41. The minimum absolute atomic E-state index is 0.616. The van der Waals surface area contributed by atoms with Crippen molar-refractivity contribution in [2.24, 2.45) is 0 Å². The van der Waals surface area contributed by atoms with Crippen molar-refractivity contribution < 1.29 is 0 Å². The van der Waals surface area contributed by atoms with E-state index in [-0.39, 0.29) is 0 Å². The number of thiazole rings is 1. The molecule has 1 saturated heterocycles. The monoisotopic (exact) mass is 251 g/mol. The van der Waals surface area contributed by atoms with E-state index in [2.05, 4.69) is 29.4 Å². The van der Waals surface area contributed by atoms with Crippen LogP contribution >= 0.6 is 11.3 Å². The van der Waals surface area contributed by atoms with Crippen LogP contribution in [0.3, 0.4) is 0 Å². The van der Waals surface area contributed by atoms with Gasteiger partial charge in [-0.3, -0.25) is 4.90 Å². The molecule has 1 aromatic heterocycles. The molecule has 0 spiro atoms. The van der Waals surface area contributed by atoms with Crippen molar-refractivity contribution >= 4 is 11.3 Å². The number of piperazine rings is 1. The Labute approximate surface area is 107 Å². The second kappa shape index (κ2) is 4.67. The maximum atomic E-state index is 4.79. The van der Waals surface area contributed by atoms with E-state index in [4.69, 9.17) is 4.98 Å². The van der Waals surface area contributed by atoms with Gasteiger partial charge in [-0.1, -0.05) is 0 Å². The summed E-state index contributed by atoms with van der Waals surface area (Å²) in [5.41, 5.74) is 1.28. The molecular formula is C13H21N3S. The first kappa shape index (κ1) is 11.6. The largest absolute Gasteiger partial charge is 0.314 e. The molecule has 2 fully saturated rings. The van der Waals surface area contributed by atoms with Gasteiger partial charge in [0.05, 0.1) is 10.7 Å².